The van der Waals surface area contributed by atoms with E-state index >= 15 is 0 Å². The van der Waals surface area contributed by atoms with Gasteiger partial charge in [0.1, 0.15) is 22.3 Å². The van der Waals surface area contributed by atoms with Crippen LogP contribution >= 0.6 is 33.0 Å². The van der Waals surface area contributed by atoms with E-state index in [0.717, 1.165) is 84.0 Å². The molecule has 0 aliphatic rings. The third-order valence-electron chi connectivity index (χ3n) is 20.2. The maximum Gasteiger partial charge on any atom is 0.387 e. The van der Waals surface area contributed by atoms with Crippen molar-refractivity contribution in [1.29, 1.82) is 0 Å². The molecular formula is C99H138O6P4. The number of hydrogen-bond acceptors (Lipinski definition) is 6. The van der Waals surface area contributed by atoms with Crippen LogP contribution in [-0.4, -0.2) is 12.7 Å². The summed E-state index contributed by atoms with van der Waals surface area (Å²) in [4.78, 5) is 0. The summed E-state index contributed by atoms with van der Waals surface area (Å²) in [7, 11) is -3.37. The lowest BCUT2D eigenvalue weighted by Gasteiger charge is -2.27. The van der Waals surface area contributed by atoms with Crippen LogP contribution in [0.25, 0.3) is 43.9 Å². The Morgan fingerprint density at radius 1 is 0.367 bits per heavy atom. The zero-order valence-electron chi connectivity index (χ0n) is 68.2. The molecule has 6 nitrogen and oxygen atoms in total. The average molecular weight is 1550 g/mol. The fourth-order valence-corrected chi connectivity index (χ4v) is 19.9. The SMILES string of the molecule is C.C.C.C.CC(C)(C)c1cc(C(C)(C)C)c2op(OCCc3ccccc3CP(c3ccccc3)c3ccccc3)oc3c(C(C)(C)C)cc(C(C)(C)C)cc3c2c1.CCC(CC(PCc1ccccc1)c1ccccc1)Op1oc2c(C(C)(C)C)cc(C(C)(C)C)cc2c2cc(C(C)(C)C)cc(C(C)(C)C)c2o1. The summed E-state index contributed by atoms with van der Waals surface area (Å²) in [5, 5.41) is 7.17. The van der Waals surface area contributed by atoms with Gasteiger partial charge in [0, 0.05) is 55.6 Å². The highest BCUT2D eigenvalue weighted by atomic mass is 31.1. The number of hydrogen-bond donors (Lipinski definition) is 0. The Morgan fingerprint density at radius 2 is 0.679 bits per heavy atom. The molecule has 10 heteroatoms. The van der Waals surface area contributed by atoms with E-state index in [0.29, 0.717) is 12.3 Å². The predicted molar refractivity (Wildman–Crippen MR) is 486 cm³/mol. The maximum absolute atomic E-state index is 7.13. The lowest BCUT2D eigenvalue weighted by atomic mass is 9.77. The molecule has 0 N–H and O–H groups in total. The molecule has 0 radical (unpaired) electrons. The molecule has 3 unspecified atom stereocenters. The van der Waals surface area contributed by atoms with Crippen LogP contribution in [0.1, 0.15) is 288 Å². The van der Waals surface area contributed by atoms with Crippen molar-refractivity contribution in [1.82, 2.24) is 0 Å². The highest BCUT2D eigenvalue weighted by Gasteiger charge is 2.33. The van der Waals surface area contributed by atoms with Gasteiger partial charge in [0.15, 0.2) is 0 Å². The first kappa shape index (κ1) is 91.4. The van der Waals surface area contributed by atoms with Crippen molar-refractivity contribution < 1.29 is 25.8 Å². The molecule has 0 saturated heterocycles. The largest absolute Gasteiger partial charge is 0.399 e. The van der Waals surface area contributed by atoms with E-state index in [4.69, 9.17) is 25.8 Å². The van der Waals surface area contributed by atoms with E-state index in [1.54, 1.807) is 0 Å². The summed E-state index contributed by atoms with van der Waals surface area (Å²) in [5.41, 5.74) is 18.4. The fraction of sp³-hybridized carbons (Fsp3) is 0.455. The van der Waals surface area contributed by atoms with Gasteiger partial charge in [0.25, 0.3) is 0 Å². The van der Waals surface area contributed by atoms with Crippen molar-refractivity contribution in [3.8, 4) is 0 Å². The topological polar surface area (TPSA) is 71.0 Å². The van der Waals surface area contributed by atoms with Gasteiger partial charge in [-0.1, -0.05) is 373 Å². The lowest BCUT2D eigenvalue weighted by molar-refractivity contribution is 0.237. The zero-order valence-corrected chi connectivity index (χ0v) is 71.8. The Bertz CT molecular complexity index is 4610. The zero-order chi connectivity index (χ0) is 76.4. The second-order valence-electron chi connectivity index (χ2n) is 37.2. The second-order valence-corrected chi connectivity index (χ2v) is 43.0. The van der Waals surface area contributed by atoms with Crippen LogP contribution < -0.4 is 19.7 Å². The van der Waals surface area contributed by atoms with Crippen molar-refractivity contribution in [2.45, 2.75) is 289 Å². The lowest BCUT2D eigenvalue weighted by Crippen LogP contribution is -2.17. The highest BCUT2D eigenvalue weighted by Crippen LogP contribution is 2.50. The molecule has 11 rings (SSSR count). The number of benzene rings is 9. The number of fused-ring (bicyclic) bond motifs is 6. The second kappa shape index (κ2) is 36.6. The number of rotatable bonds is 17. The molecule has 109 heavy (non-hydrogen) atoms. The Morgan fingerprint density at radius 3 is 1.01 bits per heavy atom. The van der Waals surface area contributed by atoms with E-state index in [1.807, 2.05) is 0 Å². The van der Waals surface area contributed by atoms with Gasteiger partial charge in [-0.2, -0.15) is 0 Å². The molecule has 2 aromatic heterocycles. The maximum atomic E-state index is 7.13. The molecule has 0 aliphatic heterocycles. The van der Waals surface area contributed by atoms with E-state index in [1.165, 1.54) is 77.4 Å². The minimum absolute atomic E-state index is 0. The molecule has 0 bridgehead atoms. The molecule has 3 atom stereocenters. The summed E-state index contributed by atoms with van der Waals surface area (Å²) in [5.74, 6) is 0. The van der Waals surface area contributed by atoms with E-state index in [9.17, 15) is 0 Å². The molecule has 9 aromatic carbocycles. The van der Waals surface area contributed by atoms with Gasteiger partial charge < -0.3 is 16.8 Å². The van der Waals surface area contributed by atoms with Crippen molar-refractivity contribution in [2.75, 3.05) is 6.61 Å². The van der Waals surface area contributed by atoms with Crippen molar-refractivity contribution in [3.05, 3.63) is 261 Å². The minimum atomic E-state index is -1.77. The first-order valence-electron chi connectivity index (χ1n) is 38.2. The first-order chi connectivity index (χ1) is 49.1. The molecule has 2 heterocycles. The van der Waals surface area contributed by atoms with Crippen LogP contribution in [0.2, 0.25) is 0 Å². The Balaban J connectivity index is 0.000000329. The van der Waals surface area contributed by atoms with Crippen LogP contribution in [-0.2, 0) is 62.1 Å². The molecule has 0 spiro atoms. The van der Waals surface area contributed by atoms with Crippen molar-refractivity contribution in [2.24, 2.45) is 0 Å². The normalized spacial score (nSPS) is 13.2. The fourth-order valence-electron chi connectivity index (χ4n) is 13.5. The van der Waals surface area contributed by atoms with Crippen LogP contribution in [0.5, 0.6) is 0 Å². The molecular weight excluding hydrogens is 1410 g/mol. The summed E-state index contributed by atoms with van der Waals surface area (Å²) in [6.07, 6.45) is 4.52. The molecule has 0 amide bonds. The molecule has 11 aromatic rings. The van der Waals surface area contributed by atoms with Crippen LogP contribution in [0.3, 0.4) is 0 Å². The molecule has 0 saturated carbocycles. The van der Waals surface area contributed by atoms with E-state index in [2.05, 4.69) is 367 Å². The van der Waals surface area contributed by atoms with Crippen molar-refractivity contribution in [3.63, 3.8) is 0 Å². The van der Waals surface area contributed by atoms with Gasteiger partial charge >= 0.3 is 16.5 Å². The van der Waals surface area contributed by atoms with E-state index < -0.39 is 24.4 Å². The summed E-state index contributed by atoms with van der Waals surface area (Å²) in [6.45, 7) is 57.6. The predicted octanol–water partition coefficient (Wildman–Crippen LogP) is 31.0. The quantitative estimate of drug-likeness (QED) is 0.0846. The van der Waals surface area contributed by atoms with Gasteiger partial charge in [-0.15, -0.1) is 8.58 Å². The summed E-state index contributed by atoms with van der Waals surface area (Å²) < 4.78 is 42.2. The monoisotopic (exact) mass is 1550 g/mol. The minimum Gasteiger partial charge on any atom is -0.399 e. The van der Waals surface area contributed by atoms with Crippen LogP contribution in [0.15, 0.2) is 211 Å². The van der Waals surface area contributed by atoms with Gasteiger partial charge in [-0.3, -0.25) is 9.05 Å². The standard InChI is InChI=1S/C49H60O3P2.C46H62O3P2.4CH4/c1-46(2,3)36-29-40-41-30-37(47(4,5)6)32-43(49(10,11)12)45(41)52-54(51-44(40)42(31-36)48(7,8)9)50-28-27-34-21-19-20-22-35(34)33-53(38-23-15-13-16-24-38)39-25-17-14-18-26-39;1-14-35(29-40(32-23-19-16-20-24-32)50-30-31-21-17-15-18-22-31)47-51-48-41-36(25-33(43(2,3)4)27-38(41)45(8,9)10)37-26-34(44(5,6)7)28-39(42(37)49-51)46(11,12)13;;;;/h13-26,29-32H,27-28,33H2,1-12H3;15-28,35,40,50H,14,29-30H2,1-13H3;4*1H4. The molecule has 0 aliphatic carbocycles. The average Bonchev–Trinajstić information content (AvgIpc) is 1.70. The smallest absolute Gasteiger partial charge is 0.387 e. The van der Waals surface area contributed by atoms with Crippen LogP contribution in [0, 0.1) is 0 Å². The first-order valence-corrected chi connectivity index (χ1v) is 43.2. The summed E-state index contributed by atoms with van der Waals surface area (Å²) >= 11 is 0. The Hall–Kier alpha value is -6.44. The Labute approximate surface area is 666 Å². The highest BCUT2D eigenvalue weighted by molar-refractivity contribution is 7.72. The third kappa shape index (κ3) is 22.9. The molecule has 0 fully saturated rings. The van der Waals surface area contributed by atoms with Gasteiger partial charge in [0.2, 0.25) is 0 Å². The van der Waals surface area contributed by atoms with Gasteiger partial charge in [-0.05, 0) is 156 Å². The van der Waals surface area contributed by atoms with Crippen molar-refractivity contribution >= 4 is 87.5 Å². The third-order valence-corrected chi connectivity index (χ3v) is 26.6. The Kier molecular flexibility index (Phi) is 30.7. The summed E-state index contributed by atoms with van der Waals surface area (Å²) in [6, 6.07) is 71.4. The van der Waals surface area contributed by atoms with E-state index in [-0.39, 0.29) is 79.1 Å². The van der Waals surface area contributed by atoms with Gasteiger partial charge in [-0.25, -0.2) is 0 Å². The molecule has 590 valence electrons. The van der Waals surface area contributed by atoms with Crippen LogP contribution in [0.4, 0.5) is 0 Å². The van der Waals surface area contributed by atoms with Gasteiger partial charge in [0.05, 0.1) is 12.7 Å².